The van der Waals surface area contributed by atoms with Crippen LogP contribution in [0.25, 0.3) is 0 Å². The number of hydrogen-bond donors (Lipinski definition) is 1. The fraction of sp³-hybridized carbons (Fsp3) is 0.600. The van der Waals surface area contributed by atoms with Crippen LogP contribution in [0.2, 0.25) is 5.15 Å². The lowest BCUT2D eigenvalue weighted by Gasteiger charge is -2.35. The van der Waals surface area contributed by atoms with Gasteiger partial charge in [0, 0.05) is 26.2 Å². The molecule has 21 heavy (non-hydrogen) atoms. The normalized spacial score (nSPS) is 16.5. The average Bonchev–Trinajstić information content (AvgIpc) is 2.47. The average molecular weight is 311 g/mol. The molecule has 5 nitrogen and oxygen atoms in total. The first-order valence-electron chi connectivity index (χ1n) is 7.40. The first-order valence-corrected chi connectivity index (χ1v) is 7.78. The third kappa shape index (κ3) is 4.32. The van der Waals surface area contributed by atoms with Crippen LogP contribution in [-0.4, -0.2) is 53.4 Å². The molecule has 1 fully saturated rings. The van der Waals surface area contributed by atoms with Crippen LogP contribution in [0.3, 0.4) is 0 Å². The highest BCUT2D eigenvalue weighted by molar-refractivity contribution is 6.32. The number of nitrogens with two attached hydrogens (primary N) is 1. The van der Waals surface area contributed by atoms with Gasteiger partial charge in [-0.25, -0.2) is 4.98 Å². The number of halogens is 1. The molecule has 2 rings (SSSR count). The Bertz CT molecular complexity index is 498. The zero-order chi connectivity index (χ0) is 15.4. The van der Waals surface area contributed by atoms with E-state index in [0.29, 0.717) is 17.2 Å². The number of rotatable bonds is 4. The van der Waals surface area contributed by atoms with Gasteiger partial charge < -0.3 is 10.6 Å². The van der Waals surface area contributed by atoms with Gasteiger partial charge in [-0.15, -0.1) is 0 Å². The van der Waals surface area contributed by atoms with E-state index in [4.69, 9.17) is 17.3 Å². The van der Waals surface area contributed by atoms with Crippen LogP contribution in [0.4, 0.5) is 5.69 Å². The van der Waals surface area contributed by atoms with Crippen LogP contribution in [-0.2, 0) is 0 Å². The van der Waals surface area contributed by atoms with Crippen LogP contribution in [0.5, 0.6) is 0 Å². The van der Waals surface area contributed by atoms with Gasteiger partial charge in [-0.3, -0.25) is 9.69 Å². The lowest BCUT2D eigenvalue weighted by molar-refractivity contribution is 0.0631. The summed E-state index contributed by atoms with van der Waals surface area (Å²) in [5, 5.41) is 0.219. The Morgan fingerprint density at radius 2 is 2.05 bits per heavy atom. The van der Waals surface area contributed by atoms with Crippen molar-refractivity contribution in [2.75, 3.05) is 38.5 Å². The van der Waals surface area contributed by atoms with E-state index < -0.39 is 0 Å². The molecule has 1 amide bonds. The van der Waals surface area contributed by atoms with Gasteiger partial charge in [0.25, 0.3) is 5.91 Å². The van der Waals surface area contributed by atoms with Crippen LogP contribution >= 0.6 is 11.6 Å². The molecule has 0 aromatic carbocycles. The highest BCUT2D eigenvalue weighted by Crippen LogP contribution is 2.18. The van der Waals surface area contributed by atoms with E-state index in [0.717, 1.165) is 32.7 Å². The van der Waals surface area contributed by atoms with Crippen molar-refractivity contribution < 1.29 is 4.79 Å². The predicted octanol–water partition coefficient (Wildman–Crippen LogP) is 2.12. The smallest absolute Gasteiger partial charge is 0.257 e. The summed E-state index contributed by atoms with van der Waals surface area (Å²) >= 11 is 6.00. The summed E-state index contributed by atoms with van der Waals surface area (Å²) in [5.74, 6) is 0.630. The SMILES string of the molecule is CC(C)CCN1CCN(C(=O)c2cc(N)cnc2Cl)CC1. The Balaban J connectivity index is 1.92. The molecule has 0 atom stereocenters. The molecular weight excluding hydrogens is 288 g/mol. The molecular formula is C15H23ClN4O. The molecule has 1 saturated heterocycles. The summed E-state index contributed by atoms with van der Waals surface area (Å²) < 4.78 is 0. The molecule has 1 aliphatic rings. The second-order valence-electron chi connectivity index (χ2n) is 5.92. The van der Waals surface area contributed by atoms with E-state index in [1.807, 2.05) is 4.90 Å². The number of hydrogen-bond acceptors (Lipinski definition) is 4. The van der Waals surface area contributed by atoms with Crippen molar-refractivity contribution in [2.45, 2.75) is 20.3 Å². The number of carbonyl (C=O) groups excluding carboxylic acids is 1. The topological polar surface area (TPSA) is 62.5 Å². The number of carbonyl (C=O) groups is 1. The number of aromatic nitrogens is 1. The summed E-state index contributed by atoms with van der Waals surface area (Å²) in [5.41, 5.74) is 6.54. The second kappa shape index (κ2) is 7.09. The maximum Gasteiger partial charge on any atom is 0.257 e. The maximum absolute atomic E-state index is 12.5. The lowest BCUT2D eigenvalue weighted by Crippen LogP contribution is -2.49. The Morgan fingerprint density at radius 3 is 2.67 bits per heavy atom. The molecule has 6 heteroatoms. The van der Waals surface area contributed by atoms with Crippen molar-refractivity contribution in [2.24, 2.45) is 5.92 Å². The second-order valence-corrected chi connectivity index (χ2v) is 6.28. The minimum absolute atomic E-state index is 0.0803. The van der Waals surface area contributed by atoms with Crippen LogP contribution in [0.1, 0.15) is 30.6 Å². The van der Waals surface area contributed by atoms with E-state index in [9.17, 15) is 4.79 Å². The Kier molecular flexibility index (Phi) is 5.42. The highest BCUT2D eigenvalue weighted by atomic mass is 35.5. The van der Waals surface area contributed by atoms with E-state index >= 15 is 0 Å². The van der Waals surface area contributed by atoms with E-state index in [2.05, 4.69) is 23.7 Å². The first-order chi connectivity index (χ1) is 9.97. The minimum Gasteiger partial charge on any atom is -0.397 e. The van der Waals surface area contributed by atoms with Crippen molar-refractivity contribution >= 4 is 23.2 Å². The fourth-order valence-electron chi connectivity index (χ4n) is 2.40. The molecule has 2 N–H and O–H groups in total. The number of anilines is 1. The van der Waals surface area contributed by atoms with Crippen LogP contribution in [0.15, 0.2) is 12.3 Å². The summed E-state index contributed by atoms with van der Waals surface area (Å²) in [4.78, 5) is 20.6. The summed E-state index contributed by atoms with van der Waals surface area (Å²) in [6.45, 7) is 8.82. The van der Waals surface area contributed by atoms with Crippen LogP contribution < -0.4 is 5.73 Å². The van der Waals surface area contributed by atoms with Crippen molar-refractivity contribution in [3.05, 3.63) is 23.0 Å². The number of nitrogens with zero attached hydrogens (tertiary/aromatic N) is 3. The molecule has 0 saturated carbocycles. The number of pyridine rings is 1. The summed E-state index contributed by atoms with van der Waals surface area (Å²) in [7, 11) is 0. The van der Waals surface area contributed by atoms with Crippen molar-refractivity contribution in [3.63, 3.8) is 0 Å². The van der Waals surface area contributed by atoms with Gasteiger partial charge in [0.2, 0.25) is 0 Å². The van der Waals surface area contributed by atoms with Crippen LogP contribution in [0, 0.1) is 5.92 Å². The Morgan fingerprint density at radius 1 is 1.38 bits per heavy atom. The molecule has 0 aliphatic carbocycles. The summed E-state index contributed by atoms with van der Waals surface area (Å²) in [6.07, 6.45) is 2.65. The molecule has 0 radical (unpaired) electrons. The van der Waals surface area contributed by atoms with Crippen molar-refractivity contribution in [3.8, 4) is 0 Å². The Hall–Kier alpha value is -1.33. The molecule has 0 unspecified atom stereocenters. The quantitative estimate of drug-likeness (QED) is 0.865. The zero-order valence-corrected chi connectivity index (χ0v) is 13.4. The maximum atomic E-state index is 12.5. The zero-order valence-electron chi connectivity index (χ0n) is 12.7. The third-order valence-electron chi connectivity index (χ3n) is 3.77. The number of piperazine rings is 1. The van der Waals surface area contributed by atoms with Crippen molar-refractivity contribution in [1.29, 1.82) is 0 Å². The fourth-order valence-corrected chi connectivity index (χ4v) is 2.58. The molecule has 1 aromatic rings. The summed E-state index contributed by atoms with van der Waals surface area (Å²) in [6, 6.07) is 1.60. The largest absolute Gasteiger partial charge is 0.397 e. The molecule has 0 bridgehead atoms. The molecule has 2 heterocycles. The van der Waals surface area contributed by atoms with E-state index in [1.165, 1.54) is 12.6 Å². The van der Waals surface area contributed by atoms with Gasteiger partial charge in [0.15, 0.2) is 0 Å². The van der Waals surface area contributed by atoms with Gasteiger partial charge >= 0.3 is 0 Å². The molecule has 116 valence electrons. The standard InChI is InChI=1S/C15H23ClN4O/c1-11(2)3-4-19-5-7-20(8-6-19)15(21)13-9-12(17)10-18-14(13)16/h9-11H,3-8,17H2,1-2H3. The minimum atomic E-state index is -0.0803. The number of nitrogen functional groups attached to an aromatic ring is 1. The van der Waals surface area contributed by atoms with Gasteiger partial charge in [0.05, 0.1) is 17.4 Å². The number of amides is 1. The van der Waals surface area contributed by atoms with Gasteiger partial charge in [-0.2, -0.15) is 0 Å². The first kappa shape index (κ1) is 16.0. The van der Waals surface area contributed by atoms with Gasteiger partial charge in [0.1, 0.15) is 5.15 Å². The highest BCUT2D eigenvalue weighted by Gasteiger charge is 2.24. The third-order valence-corrected chi connectivity index (χ3v) is 4.07. The monoisotopic (exact) mass is 310 g/mol. The van der Waals surface area contributed by atoms with Gasteiger partial charge in [-0.1, -0.05) is 25.4 Å². The van der Waals surface area contributed by atoms with E-state index in [-0.39, 0.29) is 11.1 Å². The van der Waals surface area contributed by atoms with Gasteiger partial charge in [-0.05, 0) is 24.9 Å². The molecule has 1 aliphatic heterocycles. The Labute approximate surface area is 131 Å². The van der Waals surface area contributed by atoms with Crippen molar-refractivity contribution in [1.82, 2.24) is 14.8 Å². The van der Waals surface area contributed by atoms with E-state index in [1.54, 1.807) is 6.07 Å². The predicted molar refractivity (Wildman–Crippen MR) is 85.5 cm³/mol. The lowest BCUT2D eigenvalue weighted by atomic mass is 10.1. The molecule has 0 spiro atoms. The molecule has 1 aromatic heterocycles.